The molecule has 5 rings (SSSR count). The molecule has 0 aromatic heterocycles. The Balaban J connectivity index is 1.20. The van der Waals surface area contributed by atoms with Crippen molar-refractivity contribution < 1.29 is 0 Å². The molecule has 0 bridgehead atoms. The van der Waals surface area contributed by atoms with Gasteiger partial charge in [-0.25, -0.2) is 0 Å². The number of nitrogens with zero attached hydrogens (tertiary/aromatic N) is 5. The fourth-order valence-corrected chi connectivity index (χ4v) is 6.57. The molecular formula is C32H35N5S. The van der Waals surface area contributed by atoms with Gasteiger partial charge in [-0.15, -0.1) is 0 Å². The van der Waals surface area contributed by atoms with Crippen molar-refractivity contribution in [3.05, 3.63) is 94.8 Å². The molecule has 3 aromatic rings. The first-order valence-corrected chi connectivity index (χ1v) is 14.8. The number of likely N-dealkylation sites (tertiary alicyclic amines) is 1. The van der Waals surface area contributed by atoms with E-state index in [0.717, 1.165) is 43.5 Å². The summed E-state index contributed by atoms with van der Waals surface area (Å²) < 4.78 is 0. The third-order valence-corrected chi connectivity index (χ3v) is 8.56. The number of benzene rings is 3. The van der Waals surface area contributed by atoms with Crippen LogP contribution in [-0.2, 0) is 18.8 Å². The van der Waals surface area contributed by atoms with Crippen LogP contribution in [0.5, 0.6) is 0 Å². The SMILES string of the molecule is N#CC(C#N)=C1N(CCSCc2cccc(CN3CCCCC3)c2)CCN1Cc1cccc2ccccc12. The molecule has 6 heteroatoms. The Bertz CT molecular complexity index is 1340. The molecule has 2 aliphatic heterocycles. The van der Waals surface area contributed by atoms with Crippen LogP contribution in [0.25, 0.3) is 10.8 Å². The van der Waals surface area contributed by atoms with E-state index in [2.05, 4.69) is 93.6 Å². The number of hydrogen-bond acceptors (Lipinski definition) is 6. The minimum atomic E-state index is 0.207. The fourth-order valence-electron chi connectivity index (χ4n) is 5.66. The summed E-state index contributed by atoms with van der Waals surface area (Å²) in [6.45, 7) is 6.65. The normalized spacial score (nSPS) is 16.0. The first-order chi connectivity index (χ1) is 18.7. The van der Waals surface area contributed by atoms with Crippen LogP contribution in [-0.4, -0.2) is 53.2 Å². The predicted molar refractivity (Wildman–Crippen MR) is 156 cm³/mol. The van der Waals surface area contributed by atoms with E-state index in [1.165, 1.54) is 59.8 Å². The van der Waals surface area contributed by atoms with E-state index in [4.69, 9.17) is 0 Å². The van der Waals surface area contributed by atoms with E-state index in [1.54, 1.807) is 0 Å². The first-order valence-electron chi connectivity index (χ1n) is 13.6. The smallest absolute Gasteiger partial charge is 0.169 e. The van der Waals surface area contributed by atoms with Crippen molar-refractivity contribution in [2.45, 2.75) is 38.1 Å². The van der Waals surface area contributed by atoms with Crippen LogP contribution in [0.1, 0.15) is 36.0 Å². The average molecular weight is 522 g/mol. The molecule has 0 N–H and O–H groups in total. The summed E-state index contributed by atoms with van der Waals surface area (Å²) in [6.07, 6.45) is 4.01. The minimum Gasteiger partial charge on any atom is -0.354 e. The number of piperidine rings is 1. The van der Waals surface area contributed by atoms with Gasteiger partial charge in [-0.3, -0.25) is 4.90 Å². The summed E-state index contributed by atoms with van der Waals surface area (Å²) in [5.41, 5.74) is 4.20. The van der Waals surface area contributed by atoms with Crippen molar-refractivity contribution >= 4 is 22.5 Å². The zero-order valence-corrected chi connectivity index (χ0v) is 22.8. The maximum atomic E-state index is 9.73. The molecule has 0 spiro atoms. The van der Waals surface area contributed by atoms with Gasteiger partial charge in [-0.1, -0.05) is 73.2 Å². The molecule has 38 heavy (non-hydrogen) atoms. The van der Waals surface area contributed by atoms with Gasteiger partial charge in [-0.05, 0) is 53.4 Å². The molecule has 0 saturated carbocycles. The van der Waals surface area contributed by atoms with Crippen molar-refractivity contribution in [3.63, 3.8) is 0 Å². The van der Waals surface area contributed by atoms with Crippen LogP contribution >= 0.6 is 11.8 Å². The molecule has 2 saturated heterocycles. The predicted octanol–water partition coefficient (Wildman–Crippen LogP) is 6.14. The Labute approximate surface area is 230 Å². The molecule has 0 amide bonds. The van der Waals surface area contributed by atoms with E-state index < -0.39 is 0 Å². The largest absolute Gasteiger partial charge is 0.354 e. The molecule has 2 aliphatic rings. The standard InChI is InChI=1S/C32H35N5S/c33-21-30(22-34)32-36(16-17-37(32)24-29-12-7-11-28-10-2-3-13-31(28)29)18-19-38-25-27-9-6-8-26(20-27)23-35-14-4-1-5-15-35/h2-3,6-13,20H,1,4-5,14-19,23-25H2. The zero-order chi connectivity index (χ0) is 26.2. The van der Waals surface area contributed by atoms with Gasteiger partial charge in [-0.2, -0.15) is 22.3 Å². The highest BCUT2D eigenvalue weighted by Crippen LogP contribution is 2.28. The van der Waals surface area contributed by atoms with Gasteiger partial charge in [0.05, 0.1) is 0 Å². The second-order valence-electron chi connectivity index (χ2n) is 10.2. The van der Waals surface area contributed by atoms with Crippen LogP contribution < -0.4 is 0 Å². The van der Waals surface area contributed by atoms with E-state index >= 15 is 0 Å². The first kappa shape index (κ1) is 26.2. The molecule has 0 unspecified atom stereocenters. The number of allylic oxidation sites excluding steroid dienone is 1. The van der Waals surface area contributed by atoms with Crippen molar-refractivity contribution in [2.75, 3.05) is 38.5 Å². The number of nitriles is 2. The molecule has 2 heterocycles. The van der Waals surface area contributed by atoms with Crippen LogP contribution in [0.4, 0.5) is 0 Å². The quantitative estimate of drug-likeness (QED) is 0.249. The minimum absolute atomic E-state index is 0.207. The van der Waals surface area contributed by atoms with Crippen LogP contribution in [0.2, 0.25) is 0 Å². The monoisotopic (exact) mass is 521 g/mol. The fraction of sp³-hybridized carbons (Fsp3) is 0.375. The number of hydrogen-bond donors (Lipinski definition) is 0. The molecule has 2 fully saturated rings. The second kappa shape index (κ2) is 12.9. The van der Waals surface area contributed by atoms with Crippen LogP contribution in [0.3, 0.4) is 0 Å². The average Bonchev–Trinajstić information content (AvgIpc) is 3.35. The third-order valence-electron chi connectivity index (χ3n) is 7.55. The van der Waals surface area contributed by atoms with Crippen molar-refractivity contribution in [1.29, 1.82) is 10.5 Å². The lowest BCUT2D eigenvalue weighted by molar-refractivity contribution is 0.221. The summed E-state index contributed by atoms with van der Waals surface area (Å²) in [4.78, 5) is 7.01. The summed E-state index contributed by atoms with van der Waals surface area (Å²) in [5.74, 6) is 2.71. The summed E-state index contributed by atoms with van der Waals surface area (Å²) in [6, 6.07) is 28.1. The van der Waals surface area contributed by atoms with Crippen LogP contribution in [0, 0.1) is 22.7 Å². The number of rotatable bonds is 9. The molecule has 0 atom stereocenters. The summed E-state index contributed by atoms with van der Waals surface area (Å²) >= 11 is 1.92. The third kappa shape index (κ3) is 6.33. The molecule has 5 nitrogen and oxygen atoms in total. The highest BCUT2D eigenvalue weighted by molar-refractivity contribution is 7.98. The Morgan fingerprint density at radius 1 is 0.763 bits per heavy atom. The van der Waals surface area contributed by atoms with Gasteiger partial charge in [0.2, 0.25) is 0 Å². The van der Waals surface area contributed by atoms with Gasteiger partial charge in [0, 0.05) is 44.2 Å². The number of fused-ring (bicyclic) bond motifs is 1. The van der Waals surface area contributed by atoms with E-state index in [9.17, 15) is 10.5 Å². The van der Waals surface area contributed by atoms with Gasteiger partial charge < -0.3 is 9.80 Å². The Kier molecular flexibility index (Phi) is 8.86. The molecule has 3 aromatic carbocycles. The molecule has 0 radical (unpaired) electrons. The zero-order valence-electron chi connectivity index (χ0n) is 22.0. The van der Waals surface area contributed by atoms with Crippen LogP contribution in [0.15, 0.2) is 78.1 Å². The highest BCUT2D eigenvalue weighted by atomic mass is 32.2. The summed E-state index contributed by atoms with van der Waals surface area (Å²) in [7, 11) is 0. The van der Waals surface area contributed by atoms with Crippen molar-refractivity contribution in [2.24, 2.45) is 0 Å². The van der Waals surface area contributed by atoms with Gasteiger partial charge >= 0.3 is 0 Å². The molecule has 194 valence electrons. The van der Waals surface area contributed by atoms with Gasteiger partial charge in [0.25, 0.3) is 0 Å². The number of thioether (sulfide) groups is 1. The van der Waals surface area contributed by atoms with Gasteiger partial charge in [0.15, 0.2) is 5.57 Å². The van der Waals surface area contributed by atoms with E-state index in [0.29, 0.717) is 6.54 Å². The highest BCUT2D eigenvalue weighted by Gasteiger charge is 2.28. The second-order valence-corrected chi connectivity index (χ2v) is 11.3. The maximum absolute atomic E-state index is 9.73. The van der Waals surface area contributed by atoms with E-state index in [-0.39, 0.29) is 5.57 Å². The Morgan fingerprint density at radius 2 is 1.50 bits per heavy atom. The maximum Gasteiger partial charge on any atom is 0.169 e. The Hall–Kier alpha value is -3.45. The molecular weight excluding hydrogens is 486 g/mol. The lowest BCUT2D eigenvalue weighted by Crippen LogP contribution is -2.29. The Morgan fingerprint density at radius 3 is 2.34 bits per heavy atom. The lowest BCUT2D eigenvalue weighted by Gasteiger charge is -2.26. The van der Waals surface area contributed by atoms with Crippen molar-refractivity contribution in [3.8, 4) is 12.1 Å². The lowest BCUT2D eigenvalue weighted by atomic mass is 10.0. The van der Waals surface area contributed by atoms with Gasteiger partial charge in [0.1, 0.15) is 18.0 Å². The van der Waals surface area contributed by atoms with Crippen molar-refractivity contribution in [1.82, 2.24) is 14.7 Å². The summed E-state index contributed by atoms with van der Waals surface area (Å²) in [5, 5.41) is 21.9. The van der Waals surface area contributed by atoms with E-state index in [1.807, 2.05) is 11.8 Å². The molecule has 0 aliphatic carbocycles. The topological polar surface area (TPSA) is 57.3 Å².